The lowest BCUT2D eigenvalue weighted by atomic mass is 9.68. The highest BCUT2D eigenvalue weighted by Gasteiger charge is 2.43. The molecule has 0 radical (unpaired) electrons. The molecule has 1 aromatic rings. The second kappa shape index (κ2) is 6.77. The molecule has 0 bridgehead atoms. The first kappa shape index (κ1) is 16.1. The summed E-state index contributed by atoms with van der Waals surface area (Å²) in [7, 11) is 1.68. The average Bonchev–Trinajstić information content (AvgIpc) is 2.62. The van der Waals surface area contributed by atoms with Gasteiger partial charge < -0.3 is 9.64 Å². The van der Waals surface area contributed by atoms with Crippen LogP contribution in [-0.2, 0) is 10.2 Å². The highest BCUT2D eigenvalue weighted by molar-refractivity contribution is 5.88. The van der Waals surface area contributed by atoms with Crippen molar-refractivity contribution in [1.82, 2.24) is 4.90 Å². The number of ether oxygens (including phenoxy) is 1. The molecule has 1 saturated heterocycles. The van der Waals surface area contributed by atoms with Crippen LogP contribution in [0.5, 0.6) is 5.75 Å². The van der Waals surface area contributed by atoms with E-state index in [0.29, 0.717) is 5.91 Å². The molecule has 23 heavy (non-hydrogen) atoms. The Labute approximate surface area is 139 Å². The lowest BCUT2D eigenvalue weighted by molar-refractivity contribution is -0.139. The predicted molar refractivity (Wildman–Crippen MR) is 92.7 cm³/mol. The minimum absolute atomic E-state index is 0.329. The predicted octanol–water partition coefficient (Wildman–Crippen LogP) is 4.08. The lowest BCUT2D eigenvalue weighted by Crippen LogP contribution is -2.49. The number of carbonyl (C=O) groups is 1. The molecular weight excluding hydrogens is 286 g/mol. The van der Waals surface area contributed by atoms with Gasteiger partial charge in [-0.3, -0.25) is 4.79 Å². The molecule has 1 aliphatic carbocycles. The maximum absolute atomic E-state index is 13.4. The van der Waals surface area contributed by atoms with Crippen LogP contribution in [0.15, 0.2) is 36.4 Å². The van der Waals surface area contributed by atoms with Crippen LogP contribution in [0.25, 0.3) is 0 Å². The molecule has 1 amide bonds. The van der Waals surface area contributed by atoms with Crippen molar-refractivity contribution < 1.29 is 9.53 Å². The van der Waals surface area contributed by atoms with Crippen LogP contribution in [0.4, 0.5) is 0 Å². The second-order valence-electron chi connectivity index (χ2n) is 6.91. The van der Waals surface area contributed by atoms with Crippen molar-refractivity contribution in [2.24, 2.45) is 0 Å². The van der Waals surface area contributed by atoms with Crippen molar-refractivity contribution in [2.45, 2.75) is 50.4 Å². The number of amides is 1. The average molecular weight is 313 g/mol. The van der Waals surface area contributed by atoms with Crippen molar-refractivity contribution in [2.75, 3.05) is 20.2 Å². The molecule has 0 spiro atoms. The van der Waals surface area contributed by atoms with Crippen LogP contribution in [0.1, 0.15) is 50.5 Å². The number of piperidine rings is 1. The summed E-state index contributed by atoms with van der Waals surface area (Å²) >= 11 is 0. The SMILES string of the molecule is C=C1CCN(C(=O)C2(c3ccc(OC)cc3)CCCCC2)CC1. The van der Waals surface area contributed by atoms with Gasteiger partial charge in [-0.1, -0.05) is 43.5 Å². The molecule has 0 unspecified atom stereocenters. The van der Waals surface area contributed by atoms with E-state index in [1.165, 1.54) is 12.0 Å². The van der Waals surface area contributed by atoms with Crippen molar-refractivity contribution in [3.8, 4) is 5.75 Å². The molecule has 1 aliphatic heterocycles. The highest BCUT2D eigenvalue weighted by atomic mass is 16.5. The van der Waals surface area contributed by atoms with Gasteiger partial charge in [0.15, 0.2) is 0 Å². The summed E-state index contributed by atoms with van der Waals surface area (Å²) in [5.74, 6) is 1.18. The van der Waals surface area contributed by atoms with Crippen LogP contribution in [0.3, 0.4) is 0 Å². The normalized spacial score (nSPS) is 21.1. The van der Waals surface area contributed by atoms with Crippen LogP contribution in [-0.4, -0.2) is 31.0 Å². The lowest BCUT2D eigenvalue weighted by Gasteiger charge is -2.41. The van der Waals surface area contributed by atoms with Gasteiger partial charge >= 0.3 is 0 Å². The molecule has 124 valence electrons. The van der Waals surface area contributed by atoms with E-state index < -0.39 is 0 Å². The van der Waals surface area contributed by atoms with Crippen LogP contribution >= 0.6 is 0 Å². The zero-order valence-corrected chi connectivity index (χ0v) is 14.1. The summed E-state index contributed by atoms with van der Waals surface area (Å²) in [6.07, 6.45) is 7.35. The number of rotatable bonds is 3. The number of methoxy groups -OCH3 is 1. The molecule has 1 heterocycles. The Bertz CT molecular complexity index is 560. The van der Waals surface area contributed by atoms with Crippen molar-refractivity contribution in [1.29, 1.82) is 0 Å². The van der Waals surface area contributed by atoms with Gasteiger partial charge in [0.2, 0.25) is 5.91 Å². The number of carbonyl (C=O) groups excluding carboxylic acids is 1. The highest BCUT2D eigenvalue weighted by Crippen LogP contribution is 2.42. The molecule has 1 aromatic carbocycles. The third-order valence-corrected chi connectivity index (χ3v) is 5.52. The first-order chi connectivity index (χ1) is 11.2. The van der Waals surface area contributed by atoms with Gasteiger partial charge in [0.25, 0.3) is 0 Å². The number of hydrogen-bond donors (Lipinski definition) is 0. The molecule has 3 nitrogen and oxygen atoms in total. The maximum atomic E-state index is 13.4. The van der Waals surface area contributed by atoms with Gasteiger partial charge in [-0.05, 0) is 43.4 Å². The van der Waals surface area contributed by atoms with Gasteiger partial charge in [0.05, 0.1) is 12.5 Å². The minimum Gasteiger partial charge on any atom is -0.497 e. The summed E-state index contributed by atoms with van der Waals surface area (Å²) in [6, 6.07) is 8.14. The van der Waals surface area contributed by atoms with Gasteiger partial charge in [-0.2, -0.15) is 0 Å². The smallest absolute Gasteiger partial charge is 0.233 e. The van der Waals surface area contributed by atoms with Gasteiger partial charge in [-0.25, -0.2) is 0 Å². The Hall–Kier alpha value is -1.77. The number of nitrogens with zero attached hydrogens (tertiary/aromatic N) is 1. The van der Waals surface area contributed by atoms with Crippen molar-refractivity contribution >= 4 is 5.91 Å². The molecule has 2 aliphatic rings. The summed E-state index contributed by atoms with van der Waals surface area (Å²) in [6.45, 7) is 5.72. The Balaban J connectivity index is 1.89. The maximum Gasteiger partial charge on any atom is 0.233 e. The van der Waals surface area contributed by atoms with E-state index in [1.807, 2.05) is 12.1 Å². The molecule has 2 fully saturated rings. The quantitative estimate of drug-likeness (QED) is 0.787. The van der Waals surface area contributed by atoms with E-state index >= 15 is 0 Å². The molecule has 0 N–H and O–H groups in total. The fourth-order valence-corrected chi connectivity index (χ4v) is 4.02. The number of benzene rings is 1. The molecule has 0 aromatic heterocycles. The van der Waals surface area contributed by atoms with E-state index in [2.05, 4.69) is 23.6 Å². The van der Waals surface area contributed by atoms with Gasteiger partial charge in [0.1, 0.15) is 5.75 Å². The van der Waals surface area contributed by atoms with Crippen LogP contribution in [0.2, 0.25) is 0 Å². The standard InChI is InChI=1S/C20H27NO2/c1-16-10-14-21(15-11-16)19(22)20(12-4-3-5-13-20)17-6-8-18(23-2)9-7-17/h6-9H,1,3-5,10-15H2,2H3. The van der Waals surface area contributed by atoms with Crippen molar-refractivity contribution in [3.63, 3.8) is 0 Å². The minimum atomic E-state index is -0.330. The zero-order chi connectivity index (χ0) is 16.3. The first-order valence-electron chi connectivity index (χ1n) is 8.76. The summed E-state index contributed by atoms with van der Waals surface area (Å²) in [5, 5.41) is 0. The monoisotopic (exact) mass is 313 g/mol. The fourth-order valence-electron chi connectivity index (χ4n) is 4.02. The van der Waals surface area contributed by atoms with Gasteiger partial charge in [-0.15, -0.1) is 0 Å². The first-order valence-corrected chi connectivity index (χ1v) is 8.76. The van der Waals surface area contributed by atoms with E-state index in [4.69, 9.17) is 4.74 Å². The molecule has 0 atom stereocenters. The number of hydrogen-bond acceptors (Lipinski definition) is 2. The Morgan fingerprint density at radius 3 is 2.26 bits per heavy atom. The largest absolute Gasteiger partial charge is 0.497 e. The summed E-state index contributed by atoms with van der Waals surface area (Å²) < 4.78 is 5.27. The Kier molecular flexibility index (Phi) is 4.74. The van der Waals surface area contributed by atoms with E-state index in [1.54, 1.807) is 7.11 Å². The zero-order valence-electron chi connectivity index (χ0n) is 14.1. The van der Waals surface area contributed by atoms with E-state index in [0.717, 1.165) is 62.9 Å². The number of likely N-dealkylation sites (tertiary alicyclic amines) is 1. The van der Waals surface area contributed by atoms with Gasteiger partial charge in [0, 0.05) is 13.1 Å². The Morgan fingerprint density at radius 1 is 1.09 bits per heavy atom. The van der Waals surface area contributed by atoms with Crippen LogP contribution in [0, 0.1) is 0 Å². The van der Waals surface area contributed by atoms with Crippen molar-refractivity contribution in [3.05, 3.63) is 42.0 Å². The fraction of sp³-hybridized carbons (Fsp3) is 0.550. The third kappa shape index (κ3) is 3.15. The molecule has 3 rings (SSSR count). The summed E-state index contributed by atoms with van der Waals surface area (Å²) in [5.41, 5.74) is 2.10. The molecule has 3 heteroatoms. The van der Waals surface area contributed by atoms with E-state index in [9.17, 15) is 4.79 Å². The molecule has 1 saturated carbocycles. The van der Waals surface area contributed by atoms with Crippen LogP contribution < -0.4 is 4.74 Å². The summed E-state index contributed by atoms with van der Waals surface area (Å²) in [4.78, 5) is 15.5. The second-order valence-corrected chi connectivity index (χ2v) is 6.91. The third-order valence-electron chi connectivity index (χ3n) is 5.52. The topological polar surface area (TPSA) is 29.5 Å². The van der Waals surface area contributed by atoms with E-state index in [-0.39, 0.29) is 5.41 Å². The molecular formula is C20H27NO2. The Morgan fingerprint density at radius 2 is 1.70 bits per heavy atom.